The van der Waals surface area contributed by atoms with Crippen LogP contribution in [0.5, 0.6) is 5.88 Å². The van der Waals surface area contributed by atoms with Crippen molar-refractivity contribution in [3.63, 3.8) is 0 Å². The molecule has 28 heavy (non-hydrogen) atoms. The standard InChI is InChI=1S/C18H20ClN7OS/c1-9-3-4-13(21-6-9)12-5-11(12)8-27-17-15(19)16(20)23-18(24-17)22-7-14-26-25-10(2)28-14/h3-4,6,11-12H,5,7-8H2,1-2H3,(H3,20,22,23,24)/t11-,12+/m1/s1. The summed E-state index contributed by atoms with van der Waals surface area (Å²) in [6.45, 7) is 4.89. The molecule has 0 radical (unpaired) electrons. The number of aryl methyl sites for hydroxylation is 2. The van der Waals surface area contributed by atoms with E-state index in [0.29, 0.717) is 30.9 Å². The van der Waals surface area contributed by atoms with Gasteiger partial charge in [-0.2, -0.15) is 9.97 Å². The van der Waals surface area contributed by atoms with Crippen molar-refractivity contribution in [2.45, 2.75) is 32.7 Å². The van der Waals surface area contributed by atoms with Gasteiger partial charge in [0.25, 0.3) is 0 Å². The maximum atomic E-state index is 6.22. The third kappa shape index (κ3) is 4.31. The molecule has 0 bridgehead atoms. The minimum absolute atomic E-state index is 0.176. The number of nitrogen functional groups attached to an aromatic ring is 1. The van der Waals surface area contributed by atoms with Crippen LogP contribution in [0.15, 0.2) is 18.3 Å². The number of halogens is 1. The number of pyridine rings is 1. The van der Waals surface area contributed by atoms with Crippen molar-refractivity contribution in [1.29, 1.82) is 0 Å². The van der Waals surface area contributed by atoms with Gasteiger partial charge in [0.1, 0.15) is 15.0 Å². The molecule has 3 heterocycles. The summed E-state index contributed by atoms with van der Waals surface area (Å²) < 4.78 is 5.86. The van der Waals surface area contributed by atoms with Crippen LogP contribution in [0.2, 0.25) is 5.02 Å². The highest BCUT2D eigenvalue weighted by Gasteiger charge is 2.40. The van der Waals surface area contributed by atoms with E-state index in [4.69, 9.17) is 22.1 Å². The minimum atomic E-state index is 0.176. The average Bonchev–Trinajstić information content (AvgIpc) is 3.34. The lowest BCUT2D eigenvalue weighted by atomic mass is 10.2. The van der Waals surface area contributed by atoms with E-state index < -0.39 is 0 Å². The fourth-order valence-electron chi connectivity index (χ4n) is 2.86. The van der Waals surface area contributed by atoms with E-state index in [1.54, 1.807) is 0 Å². The monoisotopic (exact) mass is 417 g/mol. The molecule has 1 fully saturated rings. The summed E-state index contributed by atoms with van der Waals surface area (Å²) in [6, 6.07) is 4.16. The maximum absolute atomic E-state index is 6.22. The smallest absolute Gasteiger partial charge is 0.239 e. The molecule has 0 saturated heterocycles. The average molecular weight is 418 g/mol. The maximum Gasteiger partial charge on any atom is 0.239 e. The predicted octanol–water partition coefficient (Wildman–Crippen LogP) is 3.37. The van der Waals surface area contributed by atoms with Gasteiger partial charge in [-0.15, -0.1) is 10.2 Å². The van der Waals surface area contributed by atoms with E-state index in [2.05, 4.69) is 42.6 Å². The molecule has 0 amide bonds. The zero-order valence-corrected chi connectivity index (χ0v) is 17.1. The van der Waals surface area contributed by atoms with Crippen LogP contribution in [-0.2, 0) is 6.54 Å². The van der Waals surface area contributed by atoms with Gasteiger partial charge >= 0.3 is 0 Å². The van der Waals surface area contributed by atoms with Gasteiger partial charge in [0.15, 0.2) is 5.82 Å². The summed E-state index contributed by atoms with van der Waals surface area (Å²) in [7, 11) is 0. The van der Waals surface area contributed by atoms with Crippen molar-refractivity contribution >= 4 is 34.7 Å². The lowest BCUT2D eigenvalue weighted by molar-refractivity contribution is 0.286. The van der Waals surface area contributed by atoms with Crippen molar-refractivity contribution in [1.82, 2.24) is 25.1 Å². The molecule has 0 aliphatic heterocycles. The Morgan fingerprint density at radius 1 is 1.29 bits per heavy atom. The second-order valence-electron chi connectivity index (χ2n) is 6.79. The summed E-state index contributed by atoms with van der Waals surface area (Å²) in [5.74, 6) is 1.61. The molecule has 10 heteroatoms. The van der Waals surface area contributed by atoms with Gasteiger partial charge in [-0.3, -0.25) is 4.98 Å². The van der Waals surface area contributed by atoms with Crippen LogP contribution in [0.1, 0.15) is 33.6 Å². The molecule has 3 aromatic rings. The molecule has 4 rings (SSSR count). The first-order valence-electron chi connectivity index (χ1n) is 8.91. The minimum Gasteiger partial charge on any atom is -0.476 e. The van der Waals surface area contributed by atoms with Crippen molar-refractivity contribution in [2.24, 2.45) is 5.92 Å². The number of ether oxygens (including phenoxy) is 1. The molecule has 2 atom stereocenters. The Hall–Kier alpha value is -2.52. The Kier molecular flexibility index (Phi) is 5.27. The highest BCUT2D eigenvalue weighted by Crippen LogP contribution is 2.47. The van der Waals surface area contributed by atoms with Crippen molar-refractivity contribution in [3.8, 4) is 5.88 Å². The first-order chi connectivity index (χ1) is 13.5. The summed E-state index contributed by atoms with van der Waals surface area (Å²) in [5, 5.41) is 13.1. The summed E-state index contributed by atoms with van der Waals surface area (Å²) in [4.78, 5) is 13.0. The van der Waals surface area contributed by atoms with Crippen LogP contribution < -0.4 is 15.8 Å². The molecule has 0 unspecified atom stereocenters. The quantitative estimate of drug-likeness (QED) is 0.601. The summed E-state index contributed by atoms with van der Waals surface area (Å²) >= 11 is 7.73. The highest BCUT2D eigenvalue weighted by molar-refractivity contribution is 7.11. The number of hydrogen-bond acceptors (Lipinski definition) is 9. The summed E-state index contributed by atoms with van der Waals surface area (Å²) in [6.07, 6.45) is 2.93. The van der Waals surface area contributed by atoms with Gasteiger partial charge in [0, 0.05) is 23.7 Å². The lowest BCUT2D eigenvalue weighted by Crippen LogP contribution is -2.09. The van der Waals surface area contributed by atoms with Crippen molar-refractivity contribution in [3.05, 3.63) is 44.6 Å². The van der Waals surface area contributed by atoms with Crippen molar-refractivity contribution < 1.29 is 4.74 Å². The Balaban J connectivity index is 1.37. The van der Waals surface area contributed by atoms with Crippen LogP contribution in [0.4, 0.5) is 11.8 Å². The van der Waals surface area contributed by atoms with Crippen LogP contribution in [0.3, 0.4) is 0 Å². The molecule has 0 aromatic carbocycles. The fraction of sp³-hybridized carbons (Fsp3) is 0.389. The molecule has 3 N–H and O–H groups in total. The largest absolute Gasteiger partial charge is 0.476 e. The van der Waals surface area contributed by atoms with Crippen LogP contribution >= 0.6 is 22.9 Å². The van der Waals surface area contributed by atoms with Crippen LogP contribution in [-0.4, -0.2) is 31.8 Å². The molecule has 8 nitrogen and oxygen atoms in total. The van der Waals surface area contributed by atoms with Gasteiger partial charge in [-0.05, 0) is 31.9 Å². The fourth-order valence-corrected chi connectivity index (χ4v) is 3.65. The number of nitrogens with two attached hydrogens (primary N) is 1. The number of nitrogens with one attached hydrogen (secondary N) is 1. The molecular formula is C18H20ClN7OS. The Labute approximate surface area is 171 Å². The van der Waals surface area contributed by atoms with E-state index in [1.807, 2.05) is 20.0 Å². The molecule has 3 aromatic heterocycles. The second-order valence-corrected chi connectivity index (χ2v) is 8.44. The Bertz CT molecular complexity index is 979. The molecule has 146 valence electrons. The topological polar surface area (TPSA) is 112 Å². The number of hydrogen-bond donors (Lipinski definition) is 2. The highest BCUT2D eigenvalue weighted by atomic mass is 35.5. The van der Waals surface area contributed by atoms with E-state index in [9.17, 15) is 0 Å². The van der Waals surface area contributed by atoms with E-state index in [-0.39, 0.29) is 16.7 Å². The first-order valence-corrected chi connectivity index (χ1v) is 10.1. The number of anilines is 2. The van der Waals surface area contributed by atoms with E-state index >= 15 is 0 Å². The summed E-state index contributed by atoms with van der Waals surface area (Å²) in [5.41, 5.74) is 8.17. The van der Waals surface area contributed by atoms with Gasteiger partial charge < -0.3 is 15.8 Å². The lowest BCUT2D eigenvalue weighted by Gasteiger charge is -2.10. The molecule has 1 aliphatic rings. The Morgan fingerprint density at radius 3 is 2.86 bits per heavy atom. The molecule has 1 aliphatic carbocycles. The van der Waals surface area contributed by atoms with Gasteiger partial charge in [0.2, 0.25) is 11.8 Å². The zero-order valence-electron chi connectivity index (χ0n) is 15.5. The first kappa shape index (κ1) is 18.8. The molecular weight excluding hydrogens is 398 g/mol. The molecule has 0 spiro atoms. The number of aromatic nitrogens is 5. The van der Waals surface area contributed by atoms with Crippen LogP contribution in [0, 0.1) is 19.8 Å². The molecule has 1 saturated carbocycles. The normalized spacial score (nSPS) is 18.1. The van der Waals surface area contributed by atoms with Gasteiger partial charge in [0.05, 0.1) is 13.2 Å². The number of nitrogens with zero attached hydrogens (tertiary/aromatic N) is 5. The predicted molar refractivity (Wildman–Crippen MR) is 109 cm³/mol. The van der Waals surface area contributed by atoms with Crippen molar-refractivity contribution in [2.75, 3.05) is 17.7 Å². The SMILES string of the molecule is Cc1ccc([C@H]2C[C@@H]2COc2nc(NCc3nnc(C)s3)nc(N)c2Cl)nc1. The van der Waals surface area contributed by atoms with Gasteiger partial charge in [-0.25, -0.2) is 0 Å². The zero-order chi connectivity index (χ0) is 19.7. The van der Waals surface area contributed by atoms with E-state index in [0.717, 1.165) is 27.7 Å². The van der Waals surface area contributed by atoms with E-state index in [1.165, 1.54) is 11.3 Å². The number of rotatable bonds is 7. The van der Waals surface area contributed by atoms with Crippen LogP contribution in [0.25, 0.3) is 0 Å². The van der Waals surface area contributed by atoms with Gasteiger partial charge in [-0.1, -0.05) is 29.0 Å². The Morgan fingerprint density at radius 2 is 2.14 bits per heavy atom. The third-order valence-corrected chi connectivity index (χ3v) is 5.68. The third-order valence-electron chi connectivity index (χ3n) is 4.48. The second kappa shape index (κ2) is 7.84.